The Morgan fingerprint density at radius 1 is 0.537 bits per heavy atom. The summed E-state index contributed by atoms with van der Waals surface area (Å²) in [6.07, 6.45) is -1.51. The maximum Gasteiger partial charge on any atom is 1.00 e. The molecule has 3 aromatic carbocycles. The van der Waals surface area contributed by atoms with Gasteiger partial charge in [-0.3, -0.25) is 0 Å². The second-order valence-corrected chi connectivity index (χ2v) is 7.01. The summed E-state index contributed by atoms with van der Waals surface area (Å²) in [5.41, 5.74) is 0.660. The van der Waals surface area contributed by atoms with Gasteiger partial charge >= 0.3 is 88.7 Å². The van der Waals surface area contributed by atoms with Gasteiger partial charge in [-0.15, -0.1) is 0 Å². The largest absolute Gasteiger partial charge is 1.00 e. The van der Waals surface area contributed by atoms with Gasteiger partial charge < -0.3 is 55.2 Å². The summed E-state index contributed by atoms with van der Waals surface area (Å²) in [5.74, 6) is -3.39. The van der Waals surface area contributed by atoms with Gasteiger partial charge in [0.25, 0.3) is 0 Å². The van der Waals surface area contributed by atoms with E-state index in [4.69, 9.17) is 25.5 Å². The molecule has 1 unspecified atom stereocenters. The van der Waals surface area contributed by atoms with E-state index in [0.717, 1.165) is 0 Å². The van der Waals surface area contributed by atoms with Crippen LogP contribution in [0.25, 0.3) is 0 Å². The van der Waals surface area contributed by atoms with E-state index in [2.05, 4.69) is 0 Å². The monoisotopic (exact) mass is 600 g/mol. The number of aromatic carboxylic acids is 3. The molecule has 14 heteroatoms. The topological polar surface area (TPSA) is 222 Å². The first-order valence-corrected chi connectivity index (χ1v) is 11.0. The standard InChI is InChI=1S/3C7H6O2.C3H8O3.C3H8O2.3Na/c3*8-7(9)6-4-2-1-3-5-6;4-1-3(6)2-5;1-3(5)2-4;;;/h3*1-5H,(H,8,9);3-6H,1-2H2;3-5H,2H2,1H3;;;/q;;;;;3*+1/p-3. The first-order chi connectivity index (χ1) is 18.0. The average molecular weight is 601 g/mol. The third kappa shape index (κ3) is 31.6. The second-order valence-electron chi connectivity index (χ2n) is 7.01. The molecule has 1 atom stereocenters. The Morgan fingerprint density at radius 3 is 0.805 bits per heavy atom. The molecular weight excluding hydrogens is 569 g/mol. The number of carbonyl (C=O) groups is 3. The fraction of sp³-hybridized carbons (Fsp3) is 0.222. The molecule has 0 saturated heterocycles. The van der Waals surface area contributed by atoms with Gasteiger partial charge in [-0.2, -0.15) is 0 Å². The molecule has 3 rings (SSSR count). The molecule has 0 aliphatic heterocycles. The van der Waals surface area contributed by atoms with Gasteiger partial charge in [0, 0.05) is 0 Å². The molecule has 11 nitrogen and oxygen atoms in total. The maximum atomic E-state index is 10.1. The van der Waals surface area contributed by atoms with E-state index >= 15 is 0 Å². The van der Waals surface area contributed by atoms with Crippen LogP contribution in [-0.2, 0) is 0 Å². The molecule has 3 aromatic rings. The smallest absolute Gasteiger partial charge is 0.545 e. The molecular formula is C27H31Na3O11. The molecule has 0 aromatic heterocycles. The van der Waals surface area contributed by atoms with Crippen molar-refractivity contribution in [1.82, 2.24) is 0 Å². The number of aliphatic hydroxyl groups is 5. The van der Waals surface area contributed by atoms with Crippen molar-refractivity contribution in [1.29, 1.82) is 0 Å². The predicted octanol–water partition coefficient (Wildman–Crippen LogP) is -11.1. The molecule has 0 spiro atoms. The summed E-state index contributed by atoms with van der Waals surface area (Å²) in [6.45, 7) is 0.660. The van der Waals surface area contributed by atoms with Crippen molar-refractivity contribution in [2.24, 2.45) is 0 Å². The van der Waals surface area contributed by atoms with E-state index in [-0.39, 0.29) is 125 Å². The normalized spacial score (nSPS) is 9.15. The molecule has 0 aliphatic rings. The van der Waals surface area contributed by atoms with E-state index in [1.165, 1.54) is 43.3 Å². The molecule has 0 saturated carbocycles. The van der Waals surface area contributed by atoms with Crippen molar-refractivity contribution in [3.05, 3.63) is 108 Å². The minimum Gasteiger partial charge on any atom is -0.545 e. The van der Waals surface area contributed by atoms with E-state index < -0.39 is 30.1 Å². The molecule has 208 valence electrons. The van der Waals surface area contributed by atoms with Gasteiger partial charge in [0.1, 0.15) is 6.10 Å². The van der Waals surface area contributed by atoms with Crippen LogP contribution in [0.5, 0.6) is 0 Å². The van der Waals surface area contributed by atoms with Gasteiger partial charge in [-0.05, 0) is 23.6 Å². The SMILES string of the molecule is CC(O)CO.O=C([O-])c1ccccc1.O=C([O-])c1ccccc1.O=C([O-])c1ccccc1.OCC(O)CO.[Na+].[Na+].[Na+]. The summed E-state index contributed by atoms with van der Waals surface area (Å²) in [6, 6.07) is 24.2. The third-order valence-corrected chi connectivity index (χ3v) is 3.71. The Bertz CT molecular complexity index is 889. The minimum absolute atomic E-state index is 0. The van der Waals surface area contributed by atoms with Gasteiger partial charge in [0.15, 0.2) is 0 Å². The average Bonchev–Trinajstić information content (AvgIpc) is 2.95. The van der Waals surface area contributed by atoms with Crippen molar-refractivity contribution in [3.63, 3.8) is 0 Å². The zero-order valence-corrected chi connectivity index (χ0v) is 29.6. The van der Waals surface area contributed by atoms with Gasteiger partial charge in [0.2, 0.25) is 0 Å². The van der Waals surface area contributed by atoms with Gasteiger partial charge in [-0.1, -0.05) is 91.0 Å². The van der Waals surface area contributed by atoms with Crippen LogP contribution in [0.15, 0.2) is 91.0 Å². The Morgan fingerprint density at radius 2 is 0.732 bits per heavy atom. The van der Waals surface area contributed by atoms with Gasteiger partial charge in [0.05, 0.1) is 43.8 Å². The number of carbonyl (C=O) groups excluding carboxylic acids is 3. The second kappa shape index (κ2) is 33.4. The summed E-state index contributed by atoms with van der Waals surface area (Å²) in [7, 11) is 0. The number of carboxylic acids is 3. The number of aliphatic hydroxyl groups excluding tert-OH is 5. The predicted molar refractivity (Wildman–Crippen MR) is 131 cm³/mol. The molecule has 0 aliphatic carbocycles. The van der Waals surface area contributed by atoms with Crippen LogP contribution >= 0.6 is 0 Å². The van der Waals surface area contributed by atoms with E-state index in [1.54, 1.807) is 54.6 Å². The van der Waals surface area contributed by atoms with E-state index in [0.29, 0.717) is 0 Å². The zero-order valence-electron chi connectivity index (χ0n) is 23.6. The molecule has 0 fully saturated rings. The number of benzene rings is 3. The molecule has 0 amide bonds. The van der Waals surface area contributed by atoms with Crippen LogP contribution < -0.4 is 104 Å². The Kier molecular flexibility index (Phi) is 40.3. The Hall–Kier alpha value is -1.13. The molecule has 0 heterocycles. The fourth-order valence-electron chi connectivity index (χ4n) is 1.78. The molecule has 0 radical (unpaired) electrons. The number of hydrogen-bond donors (Lipinski definition) is 5. The molecule has 5 N–H and O–H groups in total. The zero-order chi connectivity index (χ0) is 29.3. The van der Waals surface area contributed by atoms with Crippen molar-refractivity contribution in [2.75, 3.05) is 19.8 Å². The Labute approximate surface area is 305 Å². The van der Waals surface area contributed by atoms with E-state index in [9.17, 15) is 29.7 Å². The first-order valence-electron chi connectivity index (χ1n) is 11.0. The Balaban J connectivity index is -0.000000132. The quantitative estimate of drug-likeness (QED) is 0.167. The minimum atomic E-state index is -1.13. The van der Waals surface area contributed by atoms with Crippen LogP contribution in [0, 0.1) is 0 Å². The summed E-state index contributed by atoms with van der Waals surface area (Å²) < 4.78 is 0. The molecule has 41 heavy (non-hydrogen) atoms. The van der Waals surface area contributed by atoms with Crippen molar-refractivity contribution in [3.8, 4) is 0 Å². The van der Waals surface area contributed by atoms with Crippen LogP contribution in [0.2, 0.25) is 0 Å². The number of rotatable bonds is 6. The van der Waals surface area contributed by atoms with Crippen molar-refractivity contribution >= 4 is 17.9 Å². The van der Waals surface area contributed by atoms with Crippen LogP contribution in [-0.4, -0.2) is 75.5 Å². The van der Waals surface area contributed by atoms with Crippen molar-refractivity contribution in [2.45, 2.75) is 19.1 Å². The summed E-state index contributed by atoms with van der Waals surface area (Å²) in [4.78, 5) is 30.3. The van der Waals surface area contributed by atoms with Crippen LogP contribution in [0.4, 0.5) is 0 Å². The van der Waals surface area contributed by atoms with Crippen LogP contribution in [0.1, 0.15) is 38.0 Å². The molecule has 0 bridgehead atoms. The van der Waals surface area contributed by atoms with Gasteiger partial charge in [-0.25, -0.2) is 0 Å². The van der Waals surface area contributed by atoms with Crippen LogP contribution in [0.3, 0.4) is 0 Å². The summed E-state index contributed by atoms with van der Waals surface area (Å²) in [5, 5.41) is 70.3. The maximum absolute atomic E-state index is 10.1. The van der Waals surface area contributed by atoms with E-state index in [1.807, 2.05) is 0 Å². The fourth-order valence-corrected chi connectivity index (χ4v) is 1.78. The first kappa shape index (κ1) is 49.5. The third-order valence-electron chi connectivity index (χ3n) is 3.71. The number of carboxylic acid groups (broad SMARTS) is 3. The van der Waals surface area contributed by atoms with Crippen molar-refractivity contribution < 1.29 is 144 Å². The number of hydrogen-bond acceptors (Lipinski definition) is 11. The summed E-state index contributed by atoms with van der Waals surface area (Å²) >= 11 is 0.